The molecule has 0 aliphatic heterocycles. The van der Waals surface area contributed by atoms with Gasteiger partial charge in [-0.1, -0.05) is 0 Å². The van der Waals surface area contributed by atoms with Crippen molar-refractivity contribution in [3.8, 4) is 0 Å². The van der Waals surface area contributed by atoms with Crippen molar-refractivity contribution < 1.29 is 14.3 Å². The minimum Gasteiger partial charge on any atom is -0.449 e. The summed E-state index contributed by atoms with van der Waals surface area (Å²) in [4.78, 5) is 21.3. The van der Waals surface area contributed by atoms with Gasteiger partial charge in [0.2, 0.25) is 5.91 Å². The molecule has 2 amide bonds. The maximum atomic E-state index is 10.8. The third-order valence-electron chi connectivity index (χ3n) is 1.21. The van der Waals surface area contributed by atoms with E-state index in [4.69, 9.17) is 0 Å². The van der Waals surface area contributed by atoms with Gasteiger partial charge >= 0.3 is 6.09 Å². The number of hydrogen-bond acceptors (Lipinski definition) is 4. The van der Waals surface area contributed by atoms with Crippen LogP contribution in [0, 0.1) is 0 Å². The summed E-state index contributed by atoms with van der Waals surface area (Å²) in [5.74, 6) is -0.143. The molecule has 0 aliphatic rings. The second-order valence-corrected chi connectivity index (χ2v) is 2.59. The van der Waals surface area contributed by atoms with E-state index in [0.717, 1.165) is 0 Å². The summed E-state index contributed by atoms with van der Waals surface area (Å²) >= 11 is 0. The molecule has 0 saturated carbocycles. The molecular formula is C8H15N3O3. The Labute approximate surface area is 82.7 Å². The maximum absolute atomic E-state index is 10.8. The summed E-state index contributed by atoms with van der Waals surface area (Å²) < 4.78 is 4.57. The van der Waals surface area contributed by atoms with E-state index in [0.29, 0.717) is 18.9 Å². The molecule has 0 unspecified atom stereocenters. The highest BCUT2D eigenvalue weighted by atomic mass is 16.5. The zero-order valence-corrected chi connectivity index (χ0v) is 8.59. The largest absolute Gasteiger partial charge is 0.449 e. The van der Waals surface area contributed by atoms with Crippen LogP contribution in [0.25, 0.3) is 0 Å². The molecule has 14 heavy (non-hydrogen) atoms. The van der Waals surface area contributed by atoms with Gasteiger partial charge < -0.3 is 10.1 Å². The van der Waals surface area contributed by atoms with Gasteiger partial charge in [-0.05, 0) is 13.8 Å². The number of carbonyl (C=O) groups is 2. The molecule has 0 spiro atoms. The molecule has 0 aromatic heterocycles. The van der Waals surface area contributed by atoms with E-state index in [9.17, 15) is 9.59 Å². The van der Waals surface area contributed by atoms with Crippen LogP contribution in [0.3, 0.4) is 0 Å². The van der Waals surface area contributed by atoms with E-state index in [2.05, 4.69) is 20.6 Å². The molecule has 0 heterocycles. The Kier molecular flexibility index (Phi) is 6.09. The Bertz CT molecular complexity index is 238. The van der Waals surface area contributed by atoms with Gasteiger partial charge in [-0.25, -0.2) is 10.2 Å². The molecule has 0 aliphatic carbocycles. The molecule has 80 valence electrons. The van der Waals surface area contributed by atoms with E-state index < -0.39 is 6.09 Å². The first-order valence-corrected chi connectivity index (χ1v) is 4.26. The molecule has 2 N–H and O–H groups in total. The minimum absolute atomic E-state index is 0.143. The highest BCUT2D eigenvalue weighted by Gasteiger charge is 1.98. The zero-order valence-electron chi connectivity index (χ0n) is 8.59. The lowest BCUT2D eigenvalue weighted by atomic mass is 10.4. The van der Waals surface area contributed by atoms with Gasteiger partial charge in [0.25, 0.3) is 0 Å². The number of nitrogens with zero attached hydrogens (tertiary/aromatic N) is 1. The molecule has 6 nitrogen and oxygen atoms in total. The smallest absolute Gasteiger partial charge is 0.427 e. The average Bonchev–Trinajstić information content (AvgIpc) is 2.12. The van der Waals surface area contributed by atoms with Gasteiger partial charge in [0.15, 0.2) is 0 Å². The van der Waals surface area contributed by atoms with Crippen molar-refractivity contribution in [2.45, 2.75) is 20.8 Å². The summed E-state index contributed by atoms with van der Waals surface area (Å²) in [6.45, 7) is 5.40. The molecule has 0 saturated heterocycles. The fourth-order valence-electron chi connectivity index (χ4n) is 0.596. The first kappa shape index (κ1) is 12.4. The fraction of sp³-hybridized carbons (Fsp3) is 0.625. The standard InChI is InChI=1S/C8H15N3O3/c1-4-14-8(13)11-10-6(2)5-9-7(3)12/h4-5H2,1-3H3,(H,9,12)(H,11,13)/b10-6-. The van der Waals surface area contributed by atoms with Crippen LogP contribution in [0.4, 0.5) is 4.79 Å². The highest BCUT2D eigenvalue weighted by Crippen LogP contribution is 1.78. The normalized spacial score (nSPS) is 10.6. The van der Waals surface area contributed by atoms with Gasteiger partial charge in [-0.2, -0.15) is 5.10 Å². The second kappa shape index (κ2) is 6.88. The Morgan fingerprint density at radius 1 is 1.36 bits per heavy atom. The van der Waals surface area contributed by atoms with Crippen LogP contribution >= 0.6 is 0 Å². The number of amides is 2. The third kappa shape index (κ3) is 7.08. The molecule has 6 heteroatoms. The molecule has 0 radical (unpaired) electrons. The number of hydrogen-bond donors (Lipinski definition) is 2. The third-order valence-corrected chi connectivity index (χ3v) is 1.21. The van der Waals surface area contributed by atoms with Crippen LogP contribution in [-0.4, -0.2) is 30.9 Å². The Morgan fingerprint density at radius 2 is 2.00 bits per heavy atom. The van der Waals surface area contributed by atoms with Crippen LogP contribution in [0.2, 0.25) is 0 Å². The van der Waals surface area contributed by atoms with Crippen molar-refractivity contribution >= 4 is 17.7 Å². The maximum Gasteiger partial charge on any atom is 0.427 e. The summed E-state index contributed by atoms with van der Waals surface area (Å²) in [5, 5.41) is 6.23. The zero-order chi connectivity index (χ0) is 11.0. The van der Waals surface area contributed by atoms with Crippen molar-refractivity contribution in [3.63, 3.8) is 0 Å². The summed E-state index contributed by atoms with van der Waals surface area (Å²) in [7, 11) is 0. The number of hydrazone groups is 1. The van der Waals surface area contributed by atoms with Crippen molar-refractivity contribution in [2.24, 2.45) is 5.10 Å². The number of rotatable bonds is 4. The number of ether oxygens (including phenoxy) is 1. The second-order valence-electron chi connectivity index (χ2n) is 2.59. The van der Waals surface area contributed by atoms with Crippen molar-refractivity contribution in [1.29, 1.82) is 0 Å². The first-order chi connectivity index (χ1) is 6.56. The fourth-order valence-corrected chi connectivity index (χ4v) is 0.596. The summed E-state index contributed by atoms with van der Waals surface area (Å²) in [6.07, 6.45) is -0.602. The van der Waals surface area contributed by atoms with Crippen molar-refractivity contribution in [2.75, 3.05) is 13.2 Å². The predicted molar refractivity (Wildman–Crippen MR) is 52.0 cm³/mol. The SMILES string of the molecule is CCOC(=O)N/N=C(/C)CNC(C)=O. The van der Waals surface area contributed by atoms with E-state index >= 15 is 0 Å². The minimum atomic E-state index is -0.602. The summed E-state index contributed by atoms with van der Waals surface area (Å²) in [5.41, 5.74) is 2.77. The first-order valence-electron chi connectivity index (χ1n) is 4.26. The van der Waals surface area contributed by atoms with Crippen LogP contribution in [-0.2, 0) is 9.53 Å². The lowest BCUT2D eigenvalue weighted by Gasteiger charge is -2.02. The molecule has 0 aromatic carbocycles. The molecule has 0 rings (SSSR count). The van der Waals surface area contributed by atoms with Crippen LogP contribution in [0.5, 0.6) is 0 Å². The predicted octanol–water partition coefficient (Wildman–Crippen LogP) is 0.244. The van der Waals surface area contributed by atoms with Gasteiger partial charge in [0.05, 0.1) is 18.9 Å². The van der Waals surface area contributed by atoms with Gasteiger partial charge in [0.1, 0.15) is 0 Å². The van der Waals surface area contributed by atoms with Crippen LogP contribution in [0.1, 0.15) is 20.8 Å². The lowest BCUT2D eigenvalue weighted by Crippen LogP contribution is -2.28. The van der Waals surface area contributed by atoms with Crippen molar-refractivity contribution in [3.05, 3.63) is 0 Å². The molecule has 0 bridgehead atoms. The summed E-state index contributed by atoms with van der Waals surface area (Å²) in [6, 6.07) is 0. The topological polar surface area (TPSA) is 79.8 Å². The van der Waals surface area contributed by atoms with Crippen LogP contribution < -0.4 is 10.7 Å². The van der Waals surface area contributed by atoms with E-state index in [1.165, 1.54) is 6.92 Å². The van der Waals surface area contributed by atoms with Gasteiger partial charge in [0, 0.05) is 6.92 Å². The quantitative estimate of drug-likeness (QED) is 0.505. The monoisotopic (exact) mass is 201 g/mol. The van der Waals surface area contributed by atoms with E-state index in [-0.39, 0.29) is 5.91 Å². The Morgan fingerprint density at radius 3 is 2.50 bits per heavy atom. The van der Waals surface area contributed by atoms with Crippen LogP contribution in [0.15, 0.2) is 5.10 Å². The number of carbonyl (C=O) groups excluding carboxylic acids is 2. The van der Waals surface area contributed by atoms with E-state index in [1.54, 1.807) is 13.8 Å². The molecule has 0 fully saturated rings. The Hall–Kier alpha value is -1.59. The molecule has 0 atom stereocenters. The Balaban J connectivity index is 3.75. The molecule has 0 aromatic rings. The van der Waals surface area contributed by atoms with Crippen molar-refractivity contribution in [1.82, 2.24) is 10.7 Å². The van der Waals surface area contributed by atoms with Gasteiger partial charge in [-0.15, -0.1) is 0 Å². The molecular weight excluding hydrogens is 186 g/mol. The van der Waals surface area contributed by atoms with Gasteiger partial charge in [-0.3, -0.25) is 4.79 Å². The van der Waals surface area contributed by atoms with E-state index in [1.807, 2.05) is 0 Å². The average molecular weight is 201 g/mol. The highest BCUT2D eigenvalue weighted by molar-refractivity contribution is 5.88. The number of nitrogens with one attached hydrogen (secondary N) is 2. The lowest BCUT2D eigenvalue weighted by molar-refractivity contribution is -0.118.